The molecule has 0 N–H and O–H groups in total. The van der Waals surface area contributed by atoms with E-state index in [0.29, 0.717) is 17.8 Å². The molecular weight excluding hydrogens is 194 g/mol. The first-order chi connectivity index (χ1) is 7.81. The van der Waals surface area contributed by atoms with E-state index in [1.165, 1.54) is 0 Å². The van der Waals surface area contributed by atoms with Crippen molar-refractivity contribution in [3.8, 4) is 6.07 Å². The Morgan fingerprint density at radius 2 is 1.50 bits per heavy atom. The summed E-state index contributed by atoms with van der Waals surface area (Å²) in [5, 5.41) is 9.22. The lowest BCUT2D eigenvalue weighted by Crippen LogP contribution is -2.15. The van der Waals surface area contributed by atoms with Crippen molar-refractivity contribution in [1.29, 1.82) is 5.26 Å². The van der Waals surface area contributed by atoms with Crippen LogP contribution in [0.4, 0.5) is 0 Å². The van der Waals surface area contributed by atoms with Gasteiger partial charge >= 0.3 is 0 Å². The number of nitriles is 1. The number of rotatable bonds is 4. The van der Waals surface area contributed by atoms with Crippen LogP contribution in [0.25, 0.3) is 0 Å². The maximum Gasteiger partial charge on any atom is 0.0665 e. The molecule has 0 aromatic heterocycles. The van der Waals surface area contributed by atoms with E-state index in [0.717, 1.165) is 6.42 Å². The predicted molar refractivity (Wildman–Crippen MR) is 66.4 cm³/mol. The lowest BCUT2D eigenvalue weighted by atomic mass is 9.82. The molecule has 2 atom stereocenters. The first-order valence-corrected chi connectivity index (χ1v) is 5.91. The maximum absolute atomic E-state index is 9.22. The second-order valence-corrected chi connectivity index (χ2v) is 4.64. The third kappa shape index (κ3) is 2.33. The Hall–Kier alpha value is -1.55. The Balaban J connectivity index is 1.94. The van der Waals surface area contributed by atoms with Gasteiger partial charge in [0.25, 0.3) is 0 Å². The van der Waals surface area contributed by atoms with Crippen LogP contribution in [-0.4, -0.2) is 0 Å². The van der Waals surface area contributed by atoms with Crippen molar-refractivity contribution >= 4 is 0 Å². The van der Waals surface area contributed by atoms with E-state index < -0.39 is 0 Å². The number of hydrogen-bond donors (Lipinski definition) is 0. The van der Waals surface area contributed by atoms with Gasteiger partial charge < -0.3 is 0 Å². The van der Waals surface area contributed by atoms with E-state index >= 15 is 0 Å². The highest BCUT2D eigenvalue weighted by Gasteiger charge is 2.23. The molecule has 1 heteroatoms. The van der Waals surface area contributed by atoms with Crippen LogP contribution in [0.5, 0.6) is 0 Å². The second kappa shape index (κ2) is 4.99. The van der Waals surface area contributed by atoms with Crippen LogP contribution >= 0.6 is 0 Å². The van der Waals surface area contributed by atoms with Gasteiger partial charge in [0.2, 0.25) is 0 Å². The zero-order chi connectivity index (χ0) is 11.4. The molecule has 0 spiro atoms. The molecule has 0 amide bonds. The van der Waals surface area contributed by atoms with Gasteiger partial charge in [-0.1, -0.05) is 55.5 Å². The first-order valence-electron chi connectivity index (χ1n) is 5.91. The molecule has 0 heterocycles. The molecule has 0 unspecified atom stereocenters. The van der Waals surface area contributed by atoms with Gasteiger partial charge in [0.05, 0.1) is 12.0 Å². The van der Waals surface area contributed by atoms with Crippen molar-refractivity contribution in [3.05, 3.63) is 48.6 Å². The van der Waals surface area contributed by atoms with Crippen molar-refractivity contribution in [2.45, 2.75) is 13.3 Å². The van der Waals surface area contributed by atoms with E-state index in [4.69, 9.17) is 0 Å². The van der Waals surface area contributed by atoms with E-state index in [9.17, 15) is 5.26 Å². The molecular formula is C15H17N. The summed E-state index contributed by atoms with van der Waals surface area (Å²) in [6, 6.07) is 2.45. The molecule has 0 saturated carbocycles. The topological polar surface area (TPSA) is 23.8 Å². The van der Waals surface area contributed by atoms with Crippen molar-refractivity contribution in [2.75, 3.05) is 0 Å². The Kier molecular flexibility index (Phi) is 3.41. The second-order valence-electron chi connectivity index (χ2n) is 4.64. The molecule has 0 fully saturated rings. The van der Waals surface area contributed by atoms with Crippen LogP contribution < -0.4 is 0 Å². The fraction of sp³-hybridized carbons (Fsp3) is 0.400. The first kappa shape index (κ1) is 11.0. The van der Waals surface area contributed by atoms with Crippen LogP contribution in [0, 0.1) is 35.0 Å². The van der Waals surface area contributed by atoms with Crippen molar-refractivity contribution in [3.63, 3.8) is 0 Å². The van der Waals surface area contributed by atoms with E-state index in [1.807, 2.05) is 12.2 Å². The summed E-state index contributed by atoms with van der Waals surface area (Å²) in [4.78, 5) is 0. The summed E-state index contributed by atoms with van der Waals surface area (Å²) >= 11 is 0. The fourth-order valence-electron chi connectivity index (χ4n) is 2.40. The molecule has 1 nitrogen and oxygen atoms in total. The highest BCUT2D eigenvalue weighted by atomic mass is 14.3. The predicted octanol–water partition coefficient (Wildman–Crippen LogP) is 3.64. The highest BCUT2D eigenvalue weighted by molar-refractivity contribution is 5.22. The van der Waals surface area contributed by atoms with E-state index in [-0.39, 0.29) is 5.92 Å². The normalized spacial score (nSPS) is 22.8. The number of hydrogen-bond acceptors (Lipinski definition) is 1. The van der Waals surface area contributed by atoms with Crippen LogP contribution in [0.1, 0.15) is 13.3 Å². The summed E-state index contributed by atoms with van der Waals surface area (Å²) in [5.41, 5.74) is 0. The molecule has 0 aromatic rings. The van der Waals surface area contributed by atoms with Crippen molar-refractivity contribution < 1.29 is 0 Å². The Morgan fingerprint density at radius 1 is 1.00 bits per heavy atom. The lowest BCUT2D eigenvalue weighted by Gasteiger charge is -2.21. The molecule has 82 valence electrons. The molecule has 0 bridgehead atoms. The van der Waals surface area contributed by atoms with Gasteiger partial charge in [-0.25, -0.2) is 0 Å². The minimum Gasteiger partial charge on any atom is -0.198 e. The molecule has 2 aliphatic carbocycles. The third-order valence-corrected chi connectivity index (χ3v) is 3.47. The standard InChI is InChI=1S/C15H17N/c1-12(13-6-2-3-7-13)10-15(11-16)14-8-4-5-9-14/h2-9,12-15H,10H2,1H3/t12-,15+/m1/s1. The van der Waals surface area contributed by atoms with Gasteiger partial charge in [-0.15, -0.1) is 0 Å². The van der Waals surface area contributed by atoms with Gasteiger partial charge in [-0.2, -0.15) is 5.26 Å². The maximum atomic E-state index is 9.22. The molecule has 0 aliphatic heterocycles. The largest absolute Gasteiger partial charge is 0.198 e. The zero-order valence-electron chi connectivity index (χ0n) is 9.58. The monoisotopic (exact) mass is 211 g/mol. The van der Waals surface area contributed by atoms with Gasteiger partial charge in [-0.05, 0) is 18.3 Å². The van der Waals surface area contributed by atoms with E-state index in [1.54, 1.807) is 0 Å². The molecule has 2 aliphatic rings. The molecule has 2 rings (SSSR count). The fourth-order valence-corrected chi connectivity index (χ4v) is 2.40. The quantitative estimate of drug-likeness (QED) is 0.696. The molecule has 0 radical (unpaired) electrons. The number of allylic oxidation sites excluding steroid dienone is 8. The number of nitrogens with zero attached hydrogens (tertiary/aromatic N) is 1. The summed E-state index contributed by atoms with van der Waals surface area (Å²) in [5.74, 6) is 1.50. The van der Waals surface area contributed by atoms with Gasteiger partial charge in [0.1, 0.15) is 0 Å². The average Bonchev–Trinajstić information content (AvgIpc) is 2.96. The van der Waals surface area contributed by atoms with Gasteiger partial charge in [0, 0.05) is 5.92 Å². The Morgan fingerprint density at radius 3 is 2.00 bits per heavy atom. The van der Waals surface area contributed by atoms with Crippen LogP contribution in [-0.2, 0) is 0 Å². The molecule has 16 heavy (non-hydrogen) atoms. The lowest BCUT2D eigenvalue weighted by molar-refractivity contribution is 0.379. The summed E-state index contributed by atoms with van der Waals surface area (Å²) in [7, 11) is 0. The summed E-state index contributed by atoms with van der Waals surface area (Å²) in [6.07, 6.45) is 17.9. The third-order valence-electron chi connectivity index (χ3n) is 3.47. The van der Waals surface area contributed by atoms with Crippen molar-refractivity contribution in [1.82, 2.24) is 0 Å². The minimum absolute atomic E-state index is 0.118. The van der Waals surface area contributed by atoms with Gasteiger partial charge in [-0.3, -0.25) is 0 Å². The Bertz CT molecular complexity index is 368. The SMILES string of the molecule is C[C@H](C[C@@H](C#N)C1C=CC=C1)C1C=CC=C1. The minimum atomic E-state index is 0.118. The average molecular weight is 211 g/mol. The summed E-state index contributed by atoms with van der Waals surface area (Å²) in [6.45, 7) is 2.23. The smallest absolute Gasteiger partial charge is 0.0665 e. The van der Waals surface area contributed by atoms with Crippen molar-refractivity contribution in [2.24, 2.45) is 23.7 Å². The molecule has 0 aromatic carbocycles. The van der Waals surface area contributed by atoms with Crippen LogP contribution in [0.15, 0.2) is 48.6 Å². The highest BCUT2D eigenvalue weighted by Crippen LogP contribution is 2.30. The zero-order valence-corrected chi connectivity index (χ0v) is 9.58. The van der Waals surface area contributed by atoms with Crippen LogP contribution in [0.3, 0.4) is 0 Å². The molecule has 0 saturated heterocycles. The van der Waals surface area contributed by atoms with E-state index in [2.05, 4.69) is 49.4 Å². The van der Waals surface area contributed by atoms with Gasteiger partial charge in [0.15, 0.2) is 0 Å². The Labute approximate surface area is 97.5 Å². The summed E-state index contributed by atoms with van der Waals surface area (Å²) < 4.78 is 0. The van der Waals surface area contributed by atoms with Crippen LogP contribution in [0.2, 0.25) is 0 Å².